The molecular weight excluding hydrogens is 264 g/mol. The van der Waals surface area contributed by atoms with Crippen molar-refractivity contribution >= 4 is 10.0 Å². The van der Waals surface area contributed by atoms with E-state index >= 15 is 0 Å². The van der Waals surface area contributed by atoms with Crippen LogP contribution in [0.5, 0.6) is 0 Å². The predicted octanol–water partition coefficient (Wildman–Crippen LogP) is 0.712. The van der Waals surface area contributed by atoms with Crippen molar-refractivity contribution in [3.05, 3.63) is 0 Å². The van der Waals surface area contributed by atoms with Crippen LogP contribution in [0.1, 0.15) is 38.5 Å². The van der Waals surface area contributed by atoms with Gasteiger partial charge in [-0.25, -0.2) is 8.42 Å². The molecule has 5 nitrogen and oxygen atoms in total. The smallest absolute Gasteiger partial charge is 0.211 e. The largest absolute Gasteiger partial charge is 0.375 e. The Morgan fingerprint density at radius 3 is 2.42 bits per heavy atom. The van der Waals surface area contributed by atoms with Crippen molar-refractivity contribution in [2.45, 2.75) is 56.2 Å². The first kappa shape index (κ1) is 13.8. The van der Waals surface area contributed by atoms with E-state index in [1.165, 1.54) is 6.26 Å². The van der Waals surface area contributed by atoms with Gasteiger partial charge in [-0.3, -0.25) is 0 Å². The summed E-state index contributed by atoms with van der Waals surface area (Å²) in [4.78, 5) is 0. The molecule has 3 rings (SSSR count). The molecule has 2 aliphatic heterocycles. The Labute approximate surface area is 115 Å². The molecule has 0 aromatic rings. The first-order valence-corrected chi connectivity index (χ1v) is 9.18. The van der Waals surface area contributed by atoms with Gasteiger partial charge in [0.2, 0.25) is 10.0 Å². The van der Waals surface area contributed by atoms with Crippen molar-refractivity contribution < 1.29 is 13.2 Å². The van der Waals surface area contributed by atoms with Gasteiger partial charge < -0.3 is 10.1 Å². The maximum Gasteiger partial charge on any atom is 0.211 e. The van der Waals surface area contributed by atoms with E-state index in [1.54, 1.807) is 4.31 Å². The molecule has 0 radical (unpaired) electrons. The summed E-state index contributed by atoms with van der Waals surface area (Å²) in [5.41, 5.74) is -0.0774. The normalized spacial score (nSPS) is 31.8. The quantitative estimate of drug-likeness (QED) is 0.831. The van der Waals surface area contributed by atoms with E-state index in [0.717, 1.165) is 51.6 Å². The van der Waals surface area contributed by atoms with E-state index in [0.29, 0.717) is 6.61 Å². The molecule has 0 amide bonds. The summed E-state index contributed by atoms with van der Waals surface area (Å²) in [6.45, 7) is 2.66. The summed E-state index contributed by atoms with van der Waals surface area (Å²) in [5, 5.41) is 3.35. The molecule has 1 spiro atoms. The molecule has 1 N–H and O–H groups in total. The van der Waals surface area contributed by atoms with Gasteiger partial charge in [0, 0.05) is 18.7 Å². The van der Waals surface area contributed by atoms with E-state index < -0.39 is 10.0 Å². The SMILES string of the molecule is CS(=O)(=O)N(C1CC1)[C@@H]1CCOC2(CCNCC2)C1. The zero-order chi connectivity index (χ0) is 13.5. The predicted molar refractivity (Wildman–Crippen MR) is 73.5 cm³/mol. The minimum absolute atomic E-state index is 0.0774. The number of rotatable bonds is 3. The van der Waals surface area contributed by atoms with Gasteiger partial charge in [-0.15, -0.1) is 0 Å². The number of sulfonamides is 1. The molecule has 0 aromatic heterocycles. The second kappa shape index (κ2) is 4.98. The third-order valence-electron chi connectivity index (χ3n) is 4.63. The minimum atomic E-state index is -3.09. The molecule has 0 unspecified atom stereocenters. The van der Waals surface area contributed by atoms with Gasteiger partial charge in [0.1, 0.15) is 0 Å². The van der Waals surface area contributed by atoms with E-state index in [9.17, 15) is 8.42 Å². The van der Waals surface area contributed by atoms with Crippen molar-refractivity contribution in [1.82, 2.24) is 9.62 Å². The van der Waals surface area contributed by atoms with Gasteiger partial charge in [-0.05, 0) is 51.6 Å². The molecule has 3 fully saturated rings. The molecule has 19 heavy (non-hydrogen) atoms. The molecular formula is C13H24N2O3S. The highest BCUT2D eigenvalue weighted by Crippen LogP contribution is 2.40. The number of hydrogen-bond acceptors (Lipinski definition) is 4. The Morgan fingerprint density at radius 1 is 1.16 bits per heavy atom. The lowest BCUT2D eigenvalue weighted by Crippen LogP contribution is -2.54. The molecule has 2 saturated heterocycles. The fraction of sp³-hybridized carbons (Fsp3) is 1.00. The van der Waals surface area contributed by atoms with Crippen LogP contribution >= 0.6 is 0 Å². The minimum Gasteiger partial charge on any atom is -0.375 e. The van der Waals surface area contributed by atoms with Gasteiger partial charge >= 0.3 is 0 Å². The average Bonchev–Trinajstić information content (AvgIpc) is 3.13. The highest BCUT2D eigenvalue weighted by Gasteiger charge is 2.46. The number of nitrogens with zero attached hydrogens (tertiary/aromatic N) is 1. The fourth-order valence-electron chi connectivity index (χ4n) is 3.62. The number of piperidine rings is 1. The summed E-state index contributed by atoms with van der Waals surface area (Å²) >= 11 is 0. The number of nitrogens with one attached hydrogen (secondary N) is 1. The van der Waals surface area contributed by atoms with Gasteiger partial charge in [0.25, 0.3) is 0 Å². The molecule has 6 heteroatoms. The first-order valence-electron chi connectivity index (χ1n) is 7.33. The van der Waals surface area contributed by atoms with Crippen LogP contribution in [0.15, 0.2) is 0 Å². The van der Waals surface area contributed by atoms with Crippen molar-refractivity contribution in [2.24, 2.45) is 0 Å². The van der Waals surface area contributed by atoms with E-state index in [2.05, 4.69) is 5.32 Å². The Kier molecular flexibility index (Phi) is 3.62. The number of hydrogen-bond donors (Lipinski definition) is 1. The summed E-state index contributed by atoms with van der Waals surface area (Å²) in [7, 11) is -3.09. The monoisotopic (exact) mass is 288 g/mol. The Bertz CT molecular complexity index is 422. The third-order valence-corrected chi connectivity index (χ3v) is 5.99. The van der Waals surface area contributed by atoms with Crippen molar-refractivity contribution in [1.29, 1.82) is 0 Å². The van der Waals surface area contributed by atoms with Crippen molar-refractivity contribution in [3.63, 3.8) is 0 Å². The van der Waals surface area contributed by atoms with Crippen LogP contribution in [-0.2, 0) is 14.8 Å². The third kappa shape index (κ3) is 2.96. The number of ether oxygens (including phenoxy) is 1. The van der Waals surface area contributed by atoms with Crippen LogP contribution in [0.4, 0.5) is 0 Å². The second-order valence-electron chi connectivity index (χ2n) is 6.25. The van der Waals surface area contributed by atoms with Crippen LogP contribution in [0.2, 0.25) is 0 Å². The Hall–Kier alpha value is -0.170. The summed E-state index contributed by atoms with van der Waals surface area (Å²) in [6.07, 6.45) is 7.14. The van der Waals surface area contributed by atoms with Gasteiger partial charge in [0.05, 0.1) is 11.9 Å². The molecule has 0 aromatic carbocycles. The molecule has 0 bridgehead atoms. The molecule has 2 heterocycles. The first-order chi connectivity index (χ1) is 9.00. The lowest BCUT2D eigenvalue weighted by Gasteiger charge is -2.46. The maximum atomic E-state index is 12.1. The maximum absolute atomic E-state index is 12.1. The van der Waals surface area contributed by atoms with Gasteiger partial charge in [0.15, 0.2) is 0 Å². The van der Waals surface area contributed by atoms with Crippen LogP contribution in [-0.4, -0.2) is 56.4 Å². The summed E-state index contributed by atoms with van der Waals surface area (Å²) in [6, 6.07) is 0.409. The summed E-state index contributed by atoms with van der Waals surface area (Å²) < 4.78 is 31.9. The highest BCUT2D eigenvalue weighted by molar-refractivity contribution is 7.88. The van der Waals surface area contributed by atoms with Gasteiger partial charge in [-0.2, -0.15) is 4.31 Å². The second-order valence-corrected chi connectivity index (χ2v) is 8.14. The van der Waals surface area contributed by atoms with Crippen LogP contribution in [0.25, 0.3) is 0 Å². The van der Waals surface area contributed by atoms with E-state index in [1.807, 2.05) is 0 Å². The van der Waals surface area contributed by atoms with Crippen LogP contribution in [0, 0.1) is 0 Å². The van der Waals surface area contributed by atoms with Crippen LogP contribution < -0.4 is 5.32 Å². The van der Waals surface area contributed by atoms with Crippen molar-refractivity contribution in [3.8, 4) is 0 Å². The molecule has 3 aliphatic rings. The topological polar surface area (TPSA) is 58.6 Å². The van der Waals surface area contributed by atoms with E-state index in [4.69, 9.17) is 4.74 Å². The molecule has 1 saturated carbocycles. The molecule has 110 valence electrons. The average molecular weight is 288 g/mol. The molecule has 1 atom stereocenters. The van der Waals surface area contributed by atoms with Crippen LogP contribution in [0.3, 0.4) is 0 Å². The Morgan fingerprint density at radius 2 is 1.84 bits per heavy atom. The zero-order valence-electron chi connectivity index (χ0n) is 11.6. The molecule has 1 aliphatic carbocycles. The van der Waals surface area contributed by atoms with Gasteiger partial charge in [-0.1, -0.05) is 0 Å². The zero-order valence-corrected chi connectivity index (χ0v) is 12.4. The Balaban J connectivity index is 1.76. The van der Waals surface area contributed by atoms with E-state index in [-0.39, 0.29) is 17.7 Å². The lowest BCUT2D eigenvalue weighted by molar-refractivity contribution is -0.113. The fourth-order valence-corrected chi connectivity index (χ4v) is 5.09. The highest BCUT2D eigenvalue weighted by atomic mass is 32.2. The lowest BCUT2D eigenvalue weighted by atomic mass is 9.83. The summed E-state index contributed by atoms with van der Waals surface area (Å²) in [5.74, 6) is 0. The standard InChI is InChI=1S/C13H24N2O3S/c1-19(16,17)15(11-2-3-11)12-4-9-18-13(10-12)5-7-14-8-6-13/h11-12,14H,2-10H2,1H3/t12-/m1/s1. The van der Waals surface area contributed by atoms with Crippen molar-refractivity contribution in [2.75, 3.05) is 26.0 Å².